The maximum atomic E-state index is 12.3. The minimum Gasteiger partial charge on any atom is -0.341 e. The van der Waals surface area contributed by atoms with Gasteiger partial charge in [-0.15, -0.1) is 0 Å². The van der Waals surface area contributed by atoms with Crippen LogP contribution >= 0.6 is 0 Å². The third kappa shape index (κ3) is 4.46. The Morgan fingerprint density at radius 3 is 2.74 bits per heavy atom. The zero-order valence-corrected chi connectivity index (χ0v) is 12.5. The van der Waals surface area contributed by atoms with E-state index in [-0.39, 0.29) is 0 Å². The lowest BCUT2D eigenvalue weighted by molar-refractivity contribution is -0.134. The Kier molecular flexibility index (Phi) is 5.64. The van der Waals surface area contributed by atoms with Gasteiger partial charge in [0, 0.05) is 19.6 Å². The summed E-state index contributed by atoms with van der Waals surface area (Å²) in [6.07, 6.45) is 4.98. The van der Waals surface area contributed by atoms with E-state index in [4.69, 9.17) is 0 Å². The van der Waals surface area contributed by atoms with Gasteiger partial charge in [0.25, 0.3) is 0 Å². The van der Waals surface area contributed by atoms with Crippen molar-refractivity contribution in [1.82, 2.24) is 15.1 Å². The Morgan fingerprint density at radius 2 is 2.00 bits per heavy atom. The van der Waals surface area contributed by atoms with Crippen LogP contribution in [0.15, 0.2) is 0 Å². The number of carbonyl (C=O) groups is 1. The number of amides is 1. The number of rotatable bonds is 4. The molecule has 1 amide bonds. The number of piperidine rings is 2. The fraction of sp³-hybridized carbons (Fsp3) is 0.933. The Balaban J connectivity index is 1.77. The average Bonchev–Trinajstić information content (AvgIpc) is 2.39. The van der Waals surface area contributed by atoms with Crippen LogP contribution < -0.4 is 5.32 Å². The summed E-state index contributed by atoms with van der Waals surface area (Å²) in [7, 11) is 2.01. The van der Waals surface area contributed by atoms with Crippen molar-refractivity contribution in [1.29, 1.82) is 0 Å². The summed E-state index contributed by atoms with van der Waals surface area (Å²) in [4.78, 5) is 16.8. The van der Waals surface area contributed by atoms with Gasteiger partial charge in [-0.25, -0.2) is 0 Å². The molecule has 0 aromatic rings. The normalized spacial score (nSPS) is 29.5. The van der Waals surface area contributed by atoms with Gasteiger partial charge in [-0.05, 0) is 57.7 Å². The summed E-state index contributed by atoms with van der Waals surface area (Å²) >= 11 is 0. The average molecular weight is 267 g/mol. The zero-order chi connectivity index (χ0) is 13.7. The first-order valence-corrected chi connectivity index (χ1v) is 7.83. The minimum atomic E-state index is 0.344. The predicted molar refractivity (Wildman–Crippen MR) is 78.1 cm³/mol. The largest absolute Gasteiger partial charge is 0.341 e. The Hall–Kier alpha value is -0.610. The molecule has 0 bridgehead atoms. The molecule has 2 unspecified atom stereocenters. The summed E-state index contributed by atoms with van der Waals surface area (Å²) in [6.45, 7) is 8.07. The molecule has 0 radical (unpaired) electrons. The number of likely N-dealkylation sites (tertiary alicyclic amines) is 2. The monoisotopic (exact) mass is 267 g/mol. The highest BCUT2D eigenvalue weighted by Gasteiger charge is 2.25. The van der Waals surface area contributed by atoms with Crippen LogP contribution in [-0.2, 0) is 4.79 Å². The molecule has 0 aromatic heterocycles. The third-order valence-electron chi connectivity index (χ3n) is 4.46. The quantitative estimate of drug-likeness (QED) is 0.831. The van der Waals surface area contributed by atoms with Gasteiger partial charge < -0.3 is 10.2 Å². The molecular formula is C15H29N3O. The van der Waals surface area contributed by atoms with E-state index in [1.165, 1.54) is 25.7 Å². The molecule has 2 atom stereocenters. The van der Waals surface area contributed by atoms with Crippen molar-refractivity contribution in [2.45, 2.75) is 32.6 Å². The fourth-order valence-electron chi connectivity index (χ4n) is 3.46. The van der Waals surface area contributed by atoms with E-state index < -0.39 is 0 Å². The van der Waals surface area contributed by atoms with Gasteiger partial charge in [0.2, 0.25) is 5.91 Å². The molecular weight excluding hydrogens is 238 g/mol. The molecule has 0 aromatic carbocycles. The van der Waals surface area contributed by atoms with Crippen LogP contribution in [0.2, 0.25) is 0 Å². The van der Waals surface area contributed by atoms with E-state index in [1.54, 1.807) is 0 Å². The standard InChI is InChI=1S/C15H29N3O/c1-13-5-3-8-18(10-13)15(19)12-17-7-4-6-14(11-17)9-16-2/h13-14,16H,3-12H2,1-2H3. The first kappa shape index (κ1) is 14.8. The number of carbonyl (C=O) groups excluding carboxylic acids is 1. The summed E-state index contributed by atoms with van der Waals surface area (Å²) in [6, 6.07) is 0. The highest BCUT2D eigenvalue weighted by Crippen LogP contribution is 2.18. The Labute approximate surface area is 117 Å². The van der Waals surface area contributed by atoms with E-state index in [1.807, 2.05) is 7.05 Å². The molecule has 4 nitrogen and oxygen atoms in total. The summed E-state index contributed by atoms with van der Waals surface area (Å²) < 4.78 is 0. The van der Waals surface area contributed by atoms with Crippen LogP contribution in [0.4, 0.5) is 0 Å². The van der Waals surface area contributed by atoms with Gasteiger partial charge in [0.1, 0.15) is 0 Å². The number of nitrogens with one attached hydrogen (secondary N) is 1. The van der Waals surface area contributed by atoms with Crippen molar-refractivity contribution in [3.8, 4) is 0 Å². The highest BCUT2D eigenvalue weighted by atomic mass is 16.2. The third-order valence-corrected chi connectivity index (χ3v) is 4.46. The second-order valence-electron chi connectivity index (χ2n) is 6.39. The molecule has 19 heavy (non-hydrogen) atoms. The predicted octanol–water partition coefficient (Wildman–Crippen LogP) is 1.18. The molecule has 2 fully saturated rings. The number of hydrogen-bond acceptors (Lipinski definition) is 3. The van der Waals surface area contributed by atoms with Crippen LogP contribution in [0.25, 0.3) is 0 Å². The second-order valence-corrected chi connectivity index (χ2v) is 6.39. The van der Waals surface area contributed by atoms with Crippen LogP contribution in [0.3, 0.4) is 0 Å². The molecule has 2 rings (SSSR count). The van der Waals surface area contributed by atoms with Crippen molar-refractivity contribution in [2.24, 2.45) is 11.8 Å². The topological polar surface area (TPSA) is 35.6 Å². The number of hydrogen-bond donors (Lipinski definition) is 1. The van der Waals surface area contributed by atoms with E-state index >= 15 is 0 Å². The van der Waals surface area contributed by atoms with Gasteiger partial charge in [0.15, 0.2) is 0 Å². The lowest BCUT2D eigenvalue weighted by Crippen LogP contribution is -2.47. The van der Waals surface area contributed by atoms with Gasteiger partial charge in [-0.3, -0.25) is 9.69 Å². The van der Waals surface area contributed by atoms with Crippen molar-refractivity contribution in [3.63, 3.8) is 0 Å². The van der Waals surface area contributed by atoms with Gasteiger partial charge in [0.05, 0.1) is 6.54 Å². The van der Waals surface area contributed by atoms with Crippen molar-refractivity contribution in [2.75, 3.05) is 46.3 Å². The first-order chi connectivity index (χ1) is 9.19. The lowest BCUT2D eigenvalue weighted by Gasteiger charge is -2.36. The zero-order valence-electron chi connectivity index (χ0n) is 12.5. The maximum Gasteiger partial charge on any atom is 0.236 e. The van der Waals surface area contributed by atoms with Crippen LogP contribution in [0.5, 0.6) is 0 Å². The van der Waals surface area contributed by atoms with Crippen molar-refractivity contribution >= 4 is 5.91 Å². The molecule has 0 aliphatic carbocycles. The molecule has 2 aliphatic heterocycles. The molecule has 0 spiro atoms. The molecule has 2 saturated heterocycles. The SMILES string of the molecule is CNCC1CCCN(CC(=O)N2CCCC(C)C2)C1. The molecule has 110 valence electrons. The van der Waals surface area contributed by atoms with E-state index in [0.29, 0.717) is 24.3 Å². The van der Waals surface area contributed by atoms with Crippen molar-refractivity contribution in [3.05, 3.63) is 0 Å². The maximum absolute atomic E-state index is 12.3. The van der Waals surface area contributed by atoms with E-state index in [9.17, 15) is 4.79 Å². The fourth-order valence-corrected chi connectivity index (χ4v) is 3.46. The van der Waals surface area contributed by atoms with Crippen LogP contribution in [-0.4, -0.2) is 62.0 Å². The van der Waals surface area contributed by atoms with Gasteiger partial charge in [-0.2, -0.15) is 0 Å². The first-order valence-electron chi connectivity index (χ1n) is 7.83. The molecule has 0 saturated carbocycles. The minimum absolute atomic E-state index is 0.344. The Morgan fingerprint density at radius 1 is 1.21 bits per heavy atom. The summed E-state index contributed by atoms with van der Waals surface area (Å²) in [5.41, 5.74) is 0. The van der Waals surface area contributed by atoms with E-state index in [0.717, 1.165) is 32.7 Å². The molecule has 2 aliphatic rings. The van der Waals surface area contributed by atoms with Crippen molar-refractivity contribution < 1.29 is 4.79 Å². The van der Waals surface area contributed by atoms with Crippen LogP contribution in [0.1, 0.15) is 32.6 Å². The molecule has 2 heterocycles. The van der Waals surface area contributed by atoms with Crippen LogP contribution in [0, 0.1) is 11.8 Å². The Bertz CT molecular complexity index is 293. The summed E-state index contributed by atoms with van der Waals surface area (Å²) in [5.74, 6) is 1.74. The molecule has 1 N–H and O–H groups in total. The van der Waals surface area contributed by atoms with Gasteiger partial charge in [-0.1, -0.05) is 6.92 Å². The molecule has 4 heteroatoms. The summed E-state index contributed by atoms with van der Waals surface area (Å²) in [5, 5.41) is 3.26. The second kappa shape index (κ2) is 7.25. The van der Waals surface area contributed by atoms with Gasteiger partial charge >= 0.3 is 0 Å². The smallest absolute Gasteiger partial charge is 0.236 e. The lowest BCUT2D eigenvalue weighted by atomic mass is 9.97. The number of nitrogens with zero attached hydrogens (tertiary/aromatic N) is 2. The highest BCUT2D eigenvalue weighted by molar-refractivity contribution is 5.78. The van der Waals surface area contributed by atoms with E-state index in [2.05, 4.69) is 22.0 Å².